The molecule has 3 aliphatic rings. The maximum absolute atomic E-state index is 5.66. The van der Waals surface area contributed by atoms with Crippen LogP contribution >= 0.6 is 0 Å². The summed E-state index contributed by atoms with van der Waals surface area (Å²) in [5.74, 6) is 5.16. The quantitative estimate of drug-likeness (QED) is 0.526. The molecule has 3 rings (SSSR count). The van der Waals surface area contributed by atoms with Crippen LogP contribution in [-0.4, -0.2) is 25.8 Å². The van der Waals surface area contributed by atoms with Crippen LogP contribution in [0.5, 0.6) is 0 Å². The average Bonchev–Trinajstić information content (AvgIpc) is 2.27. The SMILES string of the molecule is CC#CCCCC12OCC(C)(CO1)CO2. The van der Waals surface area contributed by atoms with E-state index in [1.54, 1.807) is 0 Å². The van der Waals surface area contributed by atoms with Gasteiger partial charge in [-0.15, -0.1) is 11.8 Å². The summed E-state index contributed by atoms with van der Waals surface area (Å²) in [6.07, 6.45) is 2.61. The van der Waals surface area contributed by atoms with Crippen molar-refractivity contribution in [2.45, 2.75) is 39.1 Å². The molecule has 84 valence electrons. The molecule has 0 aromatic rings. The smallest absolute Gasteiger partial charge is 0.282 e. The molecule has 0 aliphatic carbocycles. The molecule has 15 heavy (non-hydrogen) atoms. The maximum atomic E-state index is 5.66. The second kappa shape index (κ2) is 4.13. The van der Waals surface area contributed by atoms with E-state index in [4.69, 9.17) is 14.2 Å². The van der Waals surface area contributed by atoms with E-state index >= 15 is 0 Å². The number of hydrogen-bond acceptors (Lipinski definition) is 3. The molecule has 0 spiro atoms. The van der Waals surface area contributed by atoms with Crippen molar-refractivity contribution < 1.29 is 14.2 Å². The number of fused-ring (bicyclic) bond motifs is 3. The molecule has 3 heteroatoms. The minimum Gasteiger partial charge on any atom is -0.327 e. The van der Waals surface area contributed by atoms with Crippen molar-refractivity contribution in [3.05, 3.63) is 0 Å². The Labute approximate surface area is 91.1 Å². The minimum absolute atomic E-state index is 0.0605. The van der Waals surface area contributed by atoms with Gasteiger partial charge in [-0.25, -0.2) is 0 Å². The molecule has 0 aromatic heterocycles. The third kappa shape index (κ3) is 2.34. The molecule has 0 N–H and O–H groups in total. The van der Waals surface area contributed by atoms with E-state index in [1.165, 1.54) is 0 Å². The monoisotopic (exact) mass is 210 g/mol. The molecule has 0 saturated carbocycles. The second-order valence-electron chi connectivity index (χ2n) is 4.64. The molecular formula is C12H18O3. The largest absolute Gasteiger partial charge is 0.327 e. The Morgan fingerprint density at radius 3 is 2.27 bits per heavy atom. The summed E-state index contributed by atoms with van der Waals surface area (Å²) in [5.41, 5.74) is 0.0605. The predicted octanol–water partition coefficient (Wildman–Crippen LogP) is 1.92. The average molecular weight is 210 g/mol. The van der Waals surface area contributed by atoms with E-state index < -0.39 is 5.97 Å². The van der Waals surface area contributed by atoms with Gasteiger partial charge in [-0.2, -0.15) is 0 Å². The lowest BCUT2D eigenvalue weighted by Crippen LogP contribution is -2.58. The molecule has 3 saturated heterocycles. The van der Waals surface area contributed by atoms with Crippen molar-refractivity contribution >= 4 is 0 Å². The van der Waals surface area contributed by atoms with Gasteiger partial charge in [0.05, 0.1) is 19.8 Å². The van der Waals surface area contributed by atoms with Crippen molar-refractivity contribution in [1.29, 1.82) is 0 Å². The van der Waals surface area contributed by atoms with Gasteiger partial charge in [0.1, 0.15) is 0 Å². The summed E-state index contributed by atoms with van der Waals surface area (Å²) in [6, 6.07) is 0. The van der Waals surface area contributed by atoms with Gasteiger partial charge in [-0.1, -0.05) is 6.92 Å². The number of ether oxygens (including phenoxy) is 3. The summed E-state index contributed by atoms with van der Waals surface area (Å²) in [7, 11) is 0. The van der Waals surface area contributed by atoms with Crippen LogP contribution in [0.25, 0.3) is 0 Å². The van der Waals surface area contributed by atoms with Crippen molar-refractivity contribution in [3.8, 4) is 11.8 Å². The van der Waals surface area contributed by atoms with Gasteiger partial charge < -0.3 is 14.2 Å². The Balaban J connectivity index is 1.83. The fourth-order valence-corrected chi connectivity index (χ4v) is 1.84. The third-order valence-electron chi connectivity index (χ3n) is 2.88. The van der Waals surface area contributed by atoms with Crippen molar-refractivity contribution in [3.63, 3.8) is 0 Å². The second-order valence-corrected chi connectivity index (χ2v) is 4.64. The lowest BCUT2D eigenvalue weighted by Gasteiger charge is -2.50. The highest BCUT2D eigenvalue weighted by Crippen LogP contribution is 2.40. The maximum Gasteiger partial charge on any atom is 0.282 e. The van der Waals surface area contributed by atoms with Gasteiger partial charge in [-0.05, 0) is 13.3 Å². The molecule has 0 aromatic carbocycles. The van der Waals surface area contributed by atoms with Crippen LogP contribution in [-0.2, 0) is 14.2 Å². The highest BCUT2D eigenvalue weighted by Gasteiger charge is 2.49. The van der Waals surface area contributed by atoms with Gasteiger partial charge in [-0.3, -0.25) is 0 Å². The van der Waals surface area contributed by atoms with Gasteiger partial charge >= 0.3 is 0 Å². The summed E-state index contributed by atoms with van der Waals surface area (Å²) >= 11 is 0. The first-order valence-electron chi connectivity index (χ1n) is 5.50. The predicted molar refractivity (Wildman–Crippen MR) is 56.0 cm³/mol. The minimum atomic E-state index is -0.757. The molecular weight excluding hydrogens is 192 g/mol. The molecule has 0 amide bonds. The standard InChI is InChI=1S/C12H18O3/c1-3-4-5-6-7-12-13-8-11(2,9-14-12)10-15-12/h5-10H2,1-2H3. The van der Waals surface area contributed by atoms with Crippen LogP contribution < -0.4 is 0 Å². The van der Waals surface area contributed by atoms with Crippen molar-refractivity contribution in [2.75, 3.05) is 19.8 Å². The Morgan fingerprint density at radius 1 is 1.13 bits per heavy atom. The van der Waals surface area contributed by atoms with E-state index in [-0.39, 0.29) is 5.41 Å². The van der Waals surface area contributed by atoms with Crippen LogP contribution in [0.2, 0.25) is 0 Å². The lowest BCUT2D eigenvalue weighted by molar-refractivity contribution is -0.467. The highest BCUT2D eigenvalue weighted by molar-refractivity contribution is 4.95. The van der Waals surface area contributed by atoms with E-state index in [2.05, 4.69) is 18.8 Å². The fourth-order valence-electron chi connectivity index (χ4n) is 1.84. The zero-order chi connectivity index (χ0) is 10.8. The highest BCUT2D eigenvalue weighted by atomic mass is 16.9. The topological polar surface area (TPSA) is 27.7 Å². The Hall–Kier alpha value is -0.560. The summed E-state index contributed by atoms with van der Waals surface area (Å²) in [5, 5.41) is 0. The molecule has 3 nitrogen and oxygen atoms in total. The zero-order valence-corrected chi connectivity index (χ0v) is 9.47. The lowest BCUT2D eigenvalue weighted by atomic mass is 9.91. The van der Waals surface area contributed by atoms with Crippen LogP contribution in [0, 0.1) is 17.3 Å². The summed E-state index contributed by atoms with van der Waals surface area (Å²) in [6.45, 7) is 6.21. The molecule has 3 fully saturated rings. The summed E-state index contributed by atoms with van der Waals surface area (Å²) < 4.78 is 17.0. The summed E-state index contributed by atoms with van der Waals surface area (Å²) in [4.78, 5) is 0. The van der Waals surface area contributed by atoms with E-state index in [0.717, 1.165) is 39.1 Å². The van der Waals surface area contributed by atoms with Crippen LogP contribution in [0.15, 0.2) is 0 Å². The van der Waals surface area contributed by atoms with Gasteiger partial charge in [0, 0.05) is 18.3 Å². The first kappa shape index (κ1) is 10.9. The first-order chi connectivity index (χ1) is 7.18. The van der Waals surface area contributed by atoms with Crippen LogP contribution in [0.1, 0.15) is 33.1 Å². The molecule has 3 heterocycles. The van der Waals surface area contributed by atoms with E-state index in [9.17, 15) is 0 Å². The Kier molecular flexibility index (Phi) is 3.01. The molecule has 0 atom stereocenters. The third-order valence-corrected chi connectivity index (χ3v) is 2.88. The van der Waals surface area contributed by atoms with Crippen LogP contribution in [0.3, 0.4) is 0 Å². The normalized spacial score (nSPS) is 38.5. The van der Waals surface area contributed by atoms with Crippen molar-refractivity contribution in [2.24, 2.45) is 5.41 Å². The Bertz CT molecular complexity index is 262. The molecule has 0 radical (unpaired) electrons. The number of unbranched alkanes of at least 4 members (excludes halogenated alkanes) is 1. The van der Waals surface area contributed by atoms with Gasteiger partial charge in [0.15, 0.2) is 0 Å². The number of rotatable bonds is 3. The molecule has 3 aliphatic heterocycles. The van der Waals surface area contributed by atoms with Crippen LogP contribution in [0.4, 0.5) is 0 Å². The van der Waals surface area contributed by atoms with E-state index in [0.29, 0.717) is 0 Å². The number of hydrogen-bond donors (Lipinski definition) is 0. The Morgan fingerprint density at radius 2 is 1.73 bits per heavy atom. The first-order valence-corrected chi connectivity index (χ1v) is 5.50. The zero-order valence-electron chi connectivity index (χ0n) is 9.47. The van der Waals surface area contributed by atoms with Gasteiger partial charge in [0.25, 0.3) is 5.97 Å². The van der Waals surface area contributed by atoms with Gasteiger partial charge in [0.2, 0.25) is 0 Å². The molecule has 0 unspecified atom stereocenters. The van der Waals surface area contributed by atoms with E-state index in [1.807, 2.05) is 6.92 Å². The van der Waals surface area contributed by atoms with Crippen molar-refractivity contribution in [1.82, 2.24) is 0 Å². The fraction of sp³-hybridized carbons (Fsp3) is 0.833. The molecule has 2 bridgehead atoms.